The number of rotatable bonds is 6. The molecule has 0 radical (unpaired) electrons. The van der Waals surface area contributed by atoms with Gasteiger partial charge in [-0.15, -0.1) is 0 Å². The number of ether oxygens (including phenoxy) is 1. The third kappa shape index (κ3) is 3.67. The molecule has 20 heavy (non-hydrogen) atoms. The van der Waals surface area contributed by atoms with Crippen LogP contribution in [0.15, 0.2) is 30.6 Å². The number of hydrogen-bond acceptors (Lipinski definition) is 4. The molecule has 4 nitrogen and oxygen atoms in total. The van der Waals surface area contributed by atoms with E-state index >= 15 is 0 Å². The van der Waals surface area contributed by atoms with Crippen LogP contribution in [0.5, 0.6) is 5.88 Å². The second-order valence-corrected chi connectivity index (χ2v) is 5.36. The Labute approximate surface area is 123 Å². The number of halogens is 1. The molecule has 1 fully saturated rings. The maximum absolute atomic E-state index is 5.99. The van der Waals surface area contributed by atoms with E-state index in [2.05, 4.69) is 15.0 Å². The first-order valence-electron chi connectivity index (χ1n) is 6.87. The highest BCUT2D eigenvalue weighted by Gasteiger charge is 2.27. The minimum absolute atomic E-state index is 0.464. The zero-order valence-electron chi connectivity index (χ0n) is 11.1. The van der Waals surface area contributed by atoms with Crippen LogP contribution in [-0.4, -0.2) is 21.6 Å². The van der Waals surface area contributed by atoms with Crippen LogP contribution in [0.4, 0.5) is 0 Å². The van der Waals surface area contributed by atoms with Crippen LogP contribution in [0.3, 0.4) is 0 Å². The van der Waals surface area contributed by atoms with Crippen molar-refractivity contribution in [1.29, 1.82) is 0 Å². The van der Waals surface area contributed by atoms with Gasteiger partial charge in [-0.3, -0.25) is 4.98 Å². The van der Waals surface area contributed by atoms with Gasteiger partial charge >= 0.3 is 0 Å². The van der Waals surface area contributed by atoms with Crippen molar-refractivity contribution in [2.45, 2.75) is 31.6 Å². The minimum Gasteiger partial charge on any atom is -0.478 e. The monoisotopic (exact) mass is 289 g/mol. The first kappa shape index (κ1) is 13.3. The van der Waals surface area contributed by atoms with Crippen molar-refractivity contribution >= 4 is 11.6 Å². The number of aryl methyl sites for hydroxylation is 1. The smallest absolute Gasteiger partial charge is 0.218 e. The van der Waals surface area contributed by atoms with Gasteiger partial charge in [-0.05, 0) is 43.4 Å². The Morgan fingerprint density at radius 2 is 2.00 bits per heavy atom. The summed E-state index contributed by atoms with van der Waals surface area (Å²) in [7, 11) is 0. The lowest BCUT2D eigenvalue weighted by molar-refractivity contribution is 0.297. The van der Waals surface area contributed by atoms with Crippen molar-refractivity contribution in [3.8, 4) is 5.88 Å². The molecule has 0 saturated heterocycles. The summed E-state index contributed by atoms with van der Waals surface area (Å²) in [5, 5.41) is 0.464. The van der Waals surface area contributed by atoms with E-state index in [-0.39, 0.29) is 0 Å². The highest BCUT2D eigenvalue weighted by atomic mass is 35.5. The van der Waals surface area contributed by atoms with Crippen LogP contribution in [0.1, 0.15) is 36.6 Å². The normalized spacial score (nSPS) is 14.2. The Bertz CT molecular complexity index is 573. The molecule has 3 rings (SSSR count). The summed E-state index contributed by atoms with van der Waals surface area (Å²) in [6, 6.07) is 5.72. The molecular formula is C15H16ClN3O. The second-order valence-electron chi connectivity index (χ2n) is 4.97. The summed E-state index contributed by atoms with van der Waals surface area (Å²) in [6.07, 6.45) is 7.83. The van der Waals surface area contributed by atoms with Crippen molar-refractivity contribution < 1.29 is 4.74 Å². The van der Waals surface area contributed by atoms with Crippen LogP contribution in [0.25, 0.3) is 0 Å². The molecule has 0 amide bonds. The second kappa shape index (κ2) is 6.18. The van der Waals surface area contributed by atoms with Crippen molar-refractivity contribution in [2.24, 2.45) is 0 Å². The molecule has 1 aliphatic carbocycles. The molecule has 2 aromatic heterocycles. The molecule has 5 heteroatoms. The molecule has 0 aliphatic heterocycles. The zero-order valence-corrected chi connectivity index (χ0v) is 11.9. The summed E-state index contributed by atoms with van der Waals surface area (Å²) < 4.78 is 5.68. The topological polar surface area (TPSA) is 47.9 Å². The lowest BCUT2D eigenvalue weighted by Gasteiger charge is -2.07. The maximum atomic E-state index is 5.99. The van der Waals surface area contributed by atoms with E-state index < -0.39 is 0 Å². The first-order chi connectivity index (χ1) is 9.81. The average Bonchev–Trinajstić information content (AvgIpc) is 3.29. The van der Waals surface area contributed by atoms with Crippen LogP contribution in [0.2, 0.25) is 5.15 Å². The summed E-state index contributed by atoms with van der Waals surface area (Å²) in [5.41, 5.74) is 1.27. The first-order valence-corrected chi connectivity index (χ1v) is 7.25. The maximum Gasteiger partial charge on any atom is 0.218 e. The Morgan fingerprint density at radius 1 is 1.20 bits per heavy atom. The van der Waals surface area contributed by atoms with Gasteiger partial charge in [0.25, 0.3) is 0 Å². The van der Waals surface area contributed by atoms with Crippen molar-refractivity contribution in [2.75, 3.05) is 6.61 Å². The highest BCUT2D eigenvalue weighted by molar-refractivity contribution is 6.29. The van der Waals surface area contributed by atoms with Gasteiger partial charge in [-0.2, -0.15) is 4.98 Å². The average molecular weight is 290 g/mol. The highest BCUT2D eigenvalue weighted by Crippen LogP contribution is 2.38. The third-order valence-corrected chi connectivity index (χ3v) is 3.43. The van der Waals surface area contributed by atoms with Gasteiger partial charge in [-0.1, -0.05) is 11.6 Å². The summed E-state index contributed by atoms with van der Waals surface area (Å²) in [5.74, 6) is 1.89. The minimum atomic E-state index is 0.464. The zero-order chi connectivity index (χ0) is 13.8. The van der Waals surface area contributed by atoms with E-state index in [1.165, 1.54) is 5.56 Å². The van der Waals surface area contributed by atoms with Gasteiger partial charge in [0, 0.05) is 24.4 Å². The molecule has 0 N–H and O–H groups in total. The lowest BCUT2D eigenvalue weighted by atomic mass is 10.1. The van der Waals surface area contributed by atoms with E-state index in [9.17, 15) is 0 Å². The lowest BCUT2D eigenvalue weighted by Crippen LogP contribution is -2.03. The fourth-order valence-corrected chi connectivity index (χ4v) is 2.19. The van der Waals surface area contributed by atoms with Gasteiger partial charge in [0.1, 0.15) is 11.0 Å². The van der Waals surface area contributed by atoms with E-state index in [1.807, 2.05) is 24.5 Å². The van der Waals surface area contributed by atoms with Crippen LogP contribution in [-0.2, 0) is 6.42 Å². The summed E-state index contributed by atoms with van der Waals surface area (Å²) in [4.78, 5) is 12.7. The van der Waals surface area contributed by atoms with Gasteiger partial charge < -0.3 is 4.74 Å². The quantitative estimate of drug-likeness (QED) is 0.604. The van der Waals surface area contributed by atoms with E-state index in [4.69, 9.17) is 16.3 Å². The van der Waals surface area contributed by atoms with Crippen molar-refractivity contribution in [1.82, 2.24) is 15.0 Å². The molecule has 104 valence electrons. The van der Waals surface area contributed by atoms with Gasteiger partial charge in [-0.25, -0.2) is 4.98 Å². The Kier molecular flexibility index (Phi) is 4.11. The Morgan fingerprint density at radius 3 is 2.75 bits per heavy atom. The van der Waals surface area contributed by atoms with Crippen molar-refractivity contribution in [3.63, 3.8) is 0 Å². The molecule has 2 heterocycles. The fraction of sp³-hybridized carbons (Fsp3) is 0.400. The molecule has 0 bridgehead atoms. The van der Waals surface area contributed by atoms with Crippen LogP contribution >= 0.6 is 11.6 Å². The number of aromatic nitrogens is 3. The van der Waals surface area contributed by atoms with E-state index in [0.717, 1.165) is 31.5 Å². The number of pyridine rings is 1. The standard InChI is InChI=1S/C15H16ClN3O/c16-13-10-14(19-15(18-13)12-3-4-12)20-9-1-2-11-5-7-17-8-6-11/h5-8,10,12H,1-4,9H2. The molecule has 1 saturated carbocycles. The van der Waals surface area contributed by atoms with Crippen LogP contribution < -0.4 is 4.74 Å². The van der Waals surface area contributed by atoms with Crippen molar-refractivity contribution in [3.05, 3.63) is 47.1 Å². The summed E-state index contributed by atoms with van der Waals surface area (Å²) in [6.45, 7) is 0.625. The SMILES string of the molecule is Clc1cc(OCCCc2ccncc2)nc(C2CC2)n1. The molecule has 0 aromatic carbocycles. The third-order valence-electron chi connectivity index (χ3n) is 3.24. The predicted molar refractivity (Wildman–Crippen MR) is 77.1 cm³/mol. The molecular weight excluding hydrogens is 274 g/mol. The number of hydrogen-bond donors (Lipinski definition) is 0. The molecule has 2 aromatic rings. The van der Waals surface area contributed by atoms with E-state index in [1.54, 1.807) is 6.07 Å². The molecule has 1 aliphatic rings. The fourth-order valence-electron chi connectivity index (χ4n) is 2.01. The largest absolute Gasteiger partial charge is 0.478 e. The van der Waals surface area contributed by atoms with Gasteiger partial charge in [0.2, 0.25) is 5.88 Å². The van der Waals surface area contributed by atoms with Crippen LogP contribution in [0, 0.1) is 0 Å². The Balaban J connectivity index is 1.51. The summed E-state index contributed by atoms with van der Waals surface area (Å²) >= 11 is 5.99. The molecule has 0 spiro atoms. The molecule has 0 atom stereocenters. The Hall–Kier alpha value is -1.68. The van der Waals surface area contributed by atoms with Gasteiger partial charge in [0.05, 0.1) is 6.61 Å². The van der Waals surface area contributed by atoms with E-state index in [0.29, 0.717) is 23.6 Å². The number of nitrogens with zero attached hydrogens (tertiary/aromatic N) is 3. The van der Waals surface area contributed by atoms with Gasteiger partial charge in [0.15, 0.2) is 0 Å². The predicted octanol–water partition coefficient (Wildman–Crippen LogP) is 3.41. The molecule has 0 unspecified atom stereocenters.